The number of nitrogens with zero attached hydrogens (tertiary/aromatic N) is 3. The molecule has 7 nitrogen and oxygen atoms in total. The van der Waals surface area contributed by atoms with Crippen LogP contribution in [0.1, 0.15) is 5.56 Å². The van der Waals surface area contributed by atoms with E-state index in [1.165, 1.54) is 25.6 Å². The van der Waals surface area contributed by atoms with Crippen LogP contribution in [0.5, 0.6) is 11.5 Å². The molecule has 1 heterocycles. The normalized spacial score (nSPS) is 10.8. The van der Waals surface area contributed by atoms with Crippen molar-refractivity contribution in [1.29, 1.82) is 0 Å². The number of aliphatic hydroxyl groups is 1. The number of aliphatic hydroxyl groups excluding tert-OH is 1. The third-order valence-corrected chi connectivity index (χ3v) is 3.78. The number of aryl methyl sites for hydroxylation is 1. The van der Waals surface area contributed by atoms with Crippen LogP contribution in [0.2, 0.25) is 0 Å². The molecule has 0 aliphatic rings. The van der Waals surface area contributed by atoms with E-state index in [0.29, 0.717) is 27.5 Å². The number of ether oxygens (including phenoxy) is 2. The minimum Gasteiger partial charge on any atom is -0.493 e. The number of benzene rings is 2. The van der Waals surface area contributed by atoms with Gasteiger partial charge in [0.2, 0.25) is 0 Å². The summed E-state index contributed by atoms with van der Waals surface area (Å²) in [6, 6.07) is 7.67. The highest BCUT2D eigenvalue weighted by atomic mass is 19.1. The molecule has 2 aromatic carbocycles. The average Bonchev–Trinajstić information content (AvgIpc) is 2.64. The van der Waals surface area contributed by atoms with E-state index >= 15 is 0 Å². The zero-order valence-corrected chi connectivity index (χ0v) is 14.3. The van der Waals surface area contributed by atoms with Crippen LogP contribution in [-0.4, -0.2) is 40.6 Å². The highest BCUT2D eigenvalue weighted by molar-refractivity contribution is 5.93. The van der Waals surface area contributed by atoms with Gasteiger partial charge in [-0.05, 0) is 30.7 Å². The van der Waals surface area contributed by atoms with Crippen molar-refractivity contribution in [2.75, 3.05) is 25.4 Å². The second-order valence-electron chi connectivity index (χ2n) is 5.56. The van der Waals surface area contributed by atoms with E-state index < -0.39 is 5.82 Å². The van der Waals surface area contributed by atoms with Crippen molar-refractivity contribution < 1.29 is 24.2 Å². The van der Waals surface area contributed by atoms with Crippen LogP contribution >= 0.6 is 0 Å². The van der Waals surface area contributed by atoms with Gasteiger partial charge in [0.05, 0.1) is 19.2 Å². The molecule has 26 heavy (non-hydrogen) atoms. The summed E-state index contributed by atoms with van der Waals surface area (Å²) in [7, 11) is 1.47. The van der Waals surface area contributed by atoms with Crippen molar-refractivity contribution in [2.24, 2.45) is 0 Å². The first-order valence-corrected chi connectivity index (χ1v) is 7.86. The fourth-order valence-electron chi connectivity index (χ4n) is 2.54. The summed E-state index contributed by atoms with van der Waals surface area (Å²) < 4.78 is 24.9. The van der Waals surface area contributed by atoms with Crippen molar-refractivity contribution in [1.82, 2.24) is 9.97 Å². The third kappa shape index (κ3) is 3.37. The van der Waals surface area contributed by atoms with Crippen LogP contribution in [0, 0.1) is 12.7 Å². The van der Waals surface area contributed by atoms with Crippen LogP contribution in [0.3, 0.4) is 0 Å². The number of aromatic nitrogens is 2. The van der Waals surface area contributed by atoms with Gasteiger partial charge in [-0.1, -0.05) is 6.07 Å². The lowest BCUT2D eigenvalue weighted by Gasteiger charge is -2.19. The van der Waals surface area contributed by atoms with Crippen LogP contribution in [0.15, 0.2) is 36.7 Å². The Bertz CT molecular complexity index is 936. The molecule has 0 spiro atoms. The van der Waals surface area contributed by atoms with Crippen molar-refractivity contribution in [2.45, 2.75) is 6.92 Å². The minimum absolute atomic E-state index is 0.0322. The number of fused-ring (bicyclic) bond motifs is 1. The number of hydrogen-bond donors (Lipinski definition) is 2. The number of halogens is 1. The van der Waals surface area contributed by atoms with Crippen molar-refractivity contribution in [3.8, 4) is 11.5 Å². The van der Waals surface area contributed by atoms with E-state index in [4.69, 9.17) is 14.6 Å². The third-order valence-electron chi connectivity index (χ3n) is 3.78. The Balaban J connectivity index is 2.11. The molecule has 0 radical (unpaired) electrons. The Morgan fingerprint density at radius 3 is 2.65 bits per heavy atom. The van der Waals surface area contributed by atoms with E-state index in [-0.39, 0.29) is 24.7 Å². The molecule has 8 heteroatoms. The predicted octanol–water partition coefficient (Wildman–Crippen LogP) is 2.98. The molecular weight excluding hydrogens is 341 g/mol. The Kier molecular flexibility index (Phi) is 5.15. The fourth-order valence-corrected chi connectivity index (χ4v) is 2.54. The topological polar surface area (TPSA) is 87.9 Å². The first-order chi connectivity index (χ1) is 12.5. The summed E-state index contributed by atoms with van der Waals surface area (Å²) in [6.45, 7) is 1.71. The predicted molar refractivity (Wildman–Crippen MR) is 93.7 cm³/mol. The molecule has 0 fully saturated rings. The van der Waals surface area contributed by atoms with Gasteiger partial charge < -0.3 is 14.6 Å². The van der Waals surface area contributed by atoms with Gasteiger partial charge in [-0.3, -0.25) is 5.21 Å². The Labute approximate surface area is 149 Å². The molecule has 3 aromatic rings. The molecule has 2 N–H and O–H groups in total. The van der Waals surface area contributed by atoms with Crippen molar-refractivity contribution in [3.63, 3.8) is 0 Å². The zero-order chi connectivity index (χ0) is 18.7. The molecule has 0 aliphatic heterocycles. The van der Waals surface area contributed by atoms with Crippen LogP contribution in [0.25, 0.3) is 10.9 Å². The highest BCUT2D eigenvalue weighted by Crippen LogP contribution is 2.36. The molecule has 0 amide bonds. The van der Waals surface area contributed by atoms with Crippen LogP contribution < -0.4 is 14.5 Å². The number of rotatable bonds is 6. The van der Waals surface area contributed by atoms with Gasteiger partial charge >= 0.3 is 0 Å². The van der Waals surface area contributed by atoms with Gasteiger partial charge in [0.15, 0.2) is 17.3 Å². The maximum absolute atomic E-state index is 14.2. The fraction of sp³-hybridized carbons (Fsp3) is 0.222. The molecule has 0 aliphatic carbocycles. The summed E-state index contributed by atoms with van der Waals surface area (Å²) in [6.07, 6.45) is 1.26. The largest absolute Gasteiger partial charge is 0.493 e. The van der Waals surface area contributed by atoms with Gasteiger partial charge in [0, 0.05) is 11.5 Å². The first-order valence-electron chi connectivity index (χ1n) is 7.86. The molecule has 0 saturated carbocycles. The average molecular weight is 359 g/mol. The number of anilines is 2. The lowest BCUT2D eigenvalue weighted by atomic mass is 10.2. The SMILES string of the molecule is COc1cc2c(N(O)c3ccc(C)cc3F)ncnc2cc1OCCO. The highest BCUT2D eigenvalue weighted by Gasteiger charge is 2.18. The first kappa shape index (κ1) is 17.8. The number of methoxy groups -OCH3 is 1. The van der Waals surface area contributed by atoms with Crippen molar-refractivity contribution in [3.05, 3.63) is 48.0 Å². The van der Waals surface area contributed by atoms with Gasteiger partial charge in [-0.15, -0.1) is 0 Å². The molecule has 0 unspecified atom stereocenters. The van der Waals surface area contributed by atoms with E-state index in [1.807, 2.05) is 0 Å². The number of hydrogen-bond acceptors (Lipinski definition) is 7. The van der Waals surface area contributed by atoms with E-state index in [2.05, 4.69) is 9.97 Å². The van der Waals surface area contributed by atoms with E-state index in [9.17, 15) is 9.60 Å². The lowest BCUT2D eigenvalue weighted by Crippen LogP contribution is -2.14. The van der Waals surface area contributed by atoms with Crippen LogP contribution in [0.4, 0.5) is 15.9 Å². The van der Waals surface area contributed by atoms with Gasteiger partial charge in [-0.25, -0.2) is 19.4 Å². The molecule has 0 saturated heterocycles. The van der Waals surface area contributed by atoms with Crippen molar-refractivity contribution >= 4 is 22.4 Å². The quantitative estimate of drug-likeness (QED) is 0.654. The van der Waals surface area contributed by atoms with E-state index in [0.717, 1.165) is 5.56 Å². The molecule has 1 aromatic heterocycles. The van der Waals surface area contributed by atoms with Gasteiger partial charge in [0.1, 0.15) is 24.4 Å². The minimum atomic E-state index is -0.575. The summed E-state index contributed by atoms with van der Waals surface area (Å²) in [5, 5.41) is 20.6. The summed E-state index contributed by atoms with van der Waals surface area (Å²) >= 11 is 0. The molecule has 0 atom stereocenters. The second-order valence-corrected chi connectivity index (χ2v) is 5.56. The van der Waals surface area contributed by atoms with E-state index in [1.54, 1.807) is 25.1 Å². The second kappa shape index (κ2) is 7.51. The summed E-state index contributed by atoms with van der Waals surface area (Å²) in [5.74, 6) is 0.295. The molecule has 0 bridgehead atoms. The Morgan fingerprint density at radius 1 is 1.15 bits per heavy atom. The molecule has 136 valence electrons. The monoisotopic (exact) mass is 359 g/mol. The van der Waals surface area contributed by atoms with Crippen LogP contribution in [-0.2, 0) is 0 Å². The Hall–Kier alpha value is -2.97. The van der Waals surface area contributed by atoms with Gasteiger partial charge in [-0.2, -0.15) is 0 Å². The molecule has 3 rings (SSSR count). The maximum Gasteiger partial charge on any atom is 0.169 e. The summed E-state index contributed by atoms with van der Waals surface area (Å²) in [5.41, 5.74) is 1.17. The Morgan fingerprint density at radius 2 is 1.96 bits per heavy atom. The van der Waals surface area contributed by atoms with Gasteiger partial charge in [0.25, 0.3) is 0 Å². The molecular formula is C18H18FN3O4. The smallest absolute Gasteiger partial charge is 0.169 e. The maximum atomic E-state index is 14.2. The summed E-state index contributed by atoms with van der Waals surface area (Å²) in [4.78, 5) is 8.23. The standard InChI is InChI=1S/C18H18FN3O4/c1-11-3-4-15(13(19)7-11)22(24)18-12-8-16(25-2)17(26-6-5-23)9-14(12)20-10-21-18/h3-4,7-10,23-24H,5-6H2,1-2H3. The lowest BCUT2D eigenvalue weighted by molar-refractivity contribution is 0.196. The zero-order valence-electron chi connectivity index (χ0n) is 14.3.